The van der Waals surface area contributed by atoms with Gasteiger partial charge in [-0.05, 0) is 36.4 Å². The Hall–Kier alpha value is -1.64. The van der Waals surface area contributed by atoms with E-state index in [0.717, 1.165) is 24.3 Å². The van der Waals surface area contributed by atoms with Crippen molar-refractivity contribution in [1.82, 2.24) is 0 Å². The van der Waals surface area contributed by atoms with Gasteiger partial charge in [-0.15, -0.1) is 0 Å². The molecule has 0 atom stereocenters. The third-order valence-electron chi connectivity index (χ3n) is 2.51. The molecule has 2 aromatic carbocycles. The standard InChI is InChI=1S/C12H9ClFNO4S2/c13-20(16,17)10-7-5-9(6-8-10)15-21(18,19)12-4-2-1-3-11(12)14/h1-8,15H. The van der Waals surface area contributed by atoms with Crippen molar-refractivity contribution in [2.45, 2.75) is 9.79 Å². The van der Waals surface area contributed by atoms with Gasteiger partial charge in [-0.1, -0.05) is 12.1 Å². The van der Waals surface area contributed by atoms with Crippen LogP contribution in [0, 0.1) is 5.82 Å². The van der Waals surface area contributed by atoms with Gasteiger partial charge in [-0.2, -0.15) is 0 Å². The molecule has 1 N–H and O–H groups in total. The second kappa shape index (κ2) is 5.63. The molecule has 0 amide bonds. The molecule has 0 heterocycles. The van der Waals surface area contributed by atoms with Crippen LogP contribution in [0.1, 0.15) is 0 Å². The molecule has 0 aliphatic carbocycles. The van der Waals surface area contributed by atoms with E-state index >= 15 is 0 Å². The summed E-state index contributed by atoms with van der Waals surface area (Å²) in [5, 5.41) is 0. The molecule has 0 radical (unpaired) electrons. The molecule has 21 heavy (non-hydrogen) atoms. The molecule has 9 heteroatoms. The molecule has 5 nitrogen and oxygen atoms in total. The number of anilines is 1. The van der Waals surface area contributed by atoms with E-state index in [-0.39, 0.29) is 10.6 Å². The molecular weight excluding hydrogens is 341 g/mol. The Kier molecular flexibility index (Phi) is 4.22. The largest absolute Gasteiger partial charge is 0.280 e. The fourth-order valence-electron chi connectivity index (χ4n) is 1.56. The van der Waals surface area contributed by atoms with Crippen molar-refractivity contribution in [3.8, 4) is 0 Å². The number of hydrogen-bond acceptors (Lipinski definition) is 4. The van der Waals surface area contributed by atoms with Crippen LogP contribution in [0.4, 0.5) is 10.1 Å². The third kappa shape index (κ3) is 3.72. The first-order valence-electron chi connectivity index (χ1n) is 5.52. The Labute approximate surface area is 125 Å². The minimum absolute atomic E-state index is 0.0855. The first-order chi connectivity index (χ1) is 9.70. The molecule has 2 aromatic rings. The SMILES string of the molecule is O=S(=O)(Cl)c1ccc(NS(=O)(=O)c2ccccc2F)cc1. The molecule has 0 saturated carbocycles. The molecule has 0 saturated heterocycles. The second-order valence-corrected chi connectivity index (χ2v) is 8.21. The number of halogens is 2. The zero-order chi connectivity index (χ0) is 15.7. The summed E-state index contributed by atoms with van der Waals surface area (Å²) in [6.07, 6.45) is 0. The van der Waals surface area contributed by atoms with E-state index in [1.54, 1.807) is 0 Å². The van der Waals surface area contributed by atoms with E-state index in [9.17, 15) is 21.2 Å². The van der Waals surface area contributed by atoms with Crippen LogP contribution >= 0.6 is 10.7 Å². The molecule has 0 aliphatic heterocycles. The van der Waals surface area contributed by atoms with Gasteiger partial charge < -0.3 is 0 Å². The lowest BCUT2D eigenvalue weighted by molar-refractivity contribution is 0.570. The highest BCUT2D eigenvalue weighted by molar-refractivity contribution is 8.13. The van der Waals surface area contributed by atoms with Gasteiger partial charge in [0.25, 0.3) is 19.1 Å². The maximum absolute atomic E-state index is 13.5. The summed E-state index contributed by atoms with van der Waals surface area (Å²) >= 11 is 0. The summed E-state index contributed by atoms with van der Waals surface area (Å²) in [6.45, 7) is 0. The third-order valence-corrected chi connectivity index (χ3v) is 5.30. The van der Waals surface area contributed by atoms with Gasteiger partial charge in [-0.3, -0.25) is 4.72 Å². The van der Waals surface area contributed by atoms with E-state index in [2.05, 4.69) is 4.72 Å². The molecule has 112 valence electrons. The van der Waals surface area contributed by atoms with Crippen LogP contribution in [0.2, 0.25) is 0 Å². The Morgan fingerprint density at radius 1 is 0.905 bits per heavy atom. The predicted molar refractivity (Wildman–Crippen MR) is 76.7 cm³/mol. The molecule has 0 spiro atoms. The highest BCUT2D eigenvalue weighted by Gasteiger charge is 2.19. The minimum atomic E-state index is -4.10. The van der Waals surface area contributed by atoms with E-state index in [1.807, 2.05) is 0 Å². The molecular formula is C12H9ClFNO4S2. The lowest BCUT2D eigenvalue weighted by Gasteiger charge is -2.09. The summed E-state index contributed by atoms with van der Waals surface area (Å²) < 4.78 is 61.8. The second-order valence-electron chi connectivity index (χ2n) is 4.00. The van der Waals surface area contributed by atoms with Gasteiger partial charge in [-0.25, -0.2) is 21.2 Å². The first-order valence-corrected chi connectivity index (χ1v) is 9.31. The highest BCUT2D eigenvalue weighted by Crippen LogP contribution is 2.21. The van der Waals surface area contributed by atoms with Gasteiger partial charge in [0, 0.05) is 16.4 Å². The summed E-state index contributed by atoms with van der Waals surface area (Å²) in [7, 11) is -2.84. The van der Waals surface area contributed by atoms with E-state index in [0.29, 0.717) is 0 Å². The van der Waals surface area contributed by atoms with Crippen molar-refractivity contribution < 1.29 is 21.2 Å². The van der Waals surface area contributed by atoms with Crippen LogP contribution < -0.4 is 4.72 Å². The number of benzene rings is 2. The quantitative estimate of drug-likeness (QED) is 0.860. The van der Waals surface area contributed by atoms with Crippen LogP contribution in [0.5, 0.6) is 0 Å². The Bertz CT molecular complexity index is 864. The average Bonchev–Trinajstić information content (AvgIpc) is 2.38. The lowest BCUT2D eigenvalue weighted by atomic mass is 10.3. The normalized spacial score (nSPS) is 12.1. The van der Waals surface area contributed by atoms with Crippen molar-refractivity contribution in [1.29, 1.82) is 0 Å². The Balaban J connectivity index is 2.32. The van der Waals surface area contributed by atoms with Crippen LogP contribution in [-0.4, -0.2) is 16.8 Å². The number of nitrogens with one attached hydrogen (secondary N) is 1. The molecule has 0 fully saturated rings. The highest BCUT2D eigenvalue weighted by atomic mass is 35.7. The van der Waals surface area contributed by atoms with Gasteiger partial charge in [0.1, 0.15) is 10.7 Å². The lowest BCUT2D eigenvalue weighted by Crippen LogP contribution is -2.14. The molecule has 0 aliphatic rings. The van der Waals surface area contributed by atoms with Gasteiger partial charge >= 0.3 is 0 Å². The van der Waals surface area contributed by atoms with Gasteiger partial charge in [0.2, 0.25) is 0 Å². The maximum Gasteiger partial charge on any atom is 0.264 e. The summed E-state index contributed by atoms with van der Waals surface area (Å²) in [5.74, 6) is -0.884. The minimum Gasteiger partial charge on any atom is -0.280 e. The van der Waals surface area contributed by atoms with Gasteiger partial charge in [0.05, 0.1) is 4.90 Å². The van der Waals surface area contributed by atoms with E-state index in [1.165, 1.54) is 24.3 Å². The fourth-order valence-corrected chi connectivity index (χ4v) is 3.47. The fraction of sp³-hybridized carbons (Fsp3) is 0. The summed E-state index contributed by atoms with van der Waals surface area (Å²) in [5.41, 5.74) is 0.0855. The van der Waals surface area contributed by atoms with Crippen LogP contribution in [0.25, 0.3) is 0 Å². The summed E-state index contributed by atoms with van der Waals surface area (Å²) in [6, 6.07) is 9.62. The number of rotatable bonds is 4. The first kappa shape index (κ1) is 15.7. The van der Waals surface area contributed by atoms with Crippen molar-refractivity contribution in [2.24, 2.45) is 0 Å². The van der Waals surface area contributed by atoms with Gasteiger partial charge in [0.15, 0.2) is 0 Å². The maximum atomic E-state index is 13.5. The molecule has 0 bridgehead atoms. The van der Waals surface area contributed by atoms with E-state index < -0.39 is 29.8 Å². The van der Waals surface area contributed by atoms with Crippen molar-refractivity contribution in [3.05, 3.63) is 54.3 Å². The Morgan fingerprint density at radius 2 is 1.48 bits per heavy atom. The topological polar surface area (TPSA) is 80.3 Å². The Morgan fingerprint density at radius 3 is 2.00 bits per heavy atom. The van der Waals surface area contributed by atoms with Crippen molar-refractivity contribution >= 4 is 35.4 Å². The zero-order valence-electron chi connectivity index (χ0n) is 10.3. The smallest absolute Gasteiger partial charge is 0.264 e. The van der Waals surface area contributed by atoms with Crippen LogP contribution in [-0.2, 0) is 19.1 Å². The number of hydrogen-bond donors (Lipinski definition) is 1. The molecule has 0 unspecified atom stereocenters. The van der Waals surface area contributed by atoms with E-state index in [4.69, 9.17) is 10.7 Å². The van der Waals surface area contributed by atoms with Crippen LogP contribution in [0.15, 0.2) is 58.3 Å². The van der Waals surface area contributed by atoms with Crippen molar-refractivity contribution in [3.63, 3.8) is 0 Å². The zero-order valence-corrected chi connectivity index (χ0v) is 12.7. The molecule has 0 aromatic heterocycles. The monoisotopic (exact) mass is 349 g/mol. The van der Waals surface area contributed by atoms with Crippen LogP contribution in [0.3, 0.4) is 0 Å². The predicted octanol–water partition coefficient (Wildman–Crippen LogP) is 2.55. The van der Waals surface area contributed by atoms with Crippen molar-refractivity contribution in [2.75, 3.05) is 4.72 Å². The summed E-state index contributed by atoms with van der Waals surface area (Å²) in [4.78, 5) is -0.669. The average molecular weight is 350 g/mol. The number of sulfonamides is 1. The molecule has 2 rings (SSSR count).